The fourth-order valence-corrected chi connectivity index (χ4v) is 9.75. The summed E-state index contributed by atoms with van der Waals surface area (Å²) >= 11 is 0. The molecule has 0 spiro atoms. The second kappa shape index (κ2) is 48.7. The minimum absolute atomic E-state index is 0.0284. The molecule has 1 aromatic carbocycles. The molecule has 0 radical (unpaired) electrons. The number of carbonyl (C=O) groups is 11. The number of carboxylic acid groups (broad SMARTS) is 2. The van der Waals surface area contributed by atoms with E-state index in [1.807, 2.05) is 6.07 Å². The SMILES string of the molecule is CCCCCCCCCCCCCCCC(=O)N[C@@H](Cc1ccccc1)C(=O)NC(CCCNC(=N)N)C(=O)N[C@@H](CCCCN)C(=O)NC(CCC(=O)O)C(=O)N[C@@H](CCCNC(=N)N)C(=O)N[C@H](C(=O)N[C@@H](CCC(=O)O)C(=O)NCC(=O)NC)[C@@H](C)CC. The number of carboxylic acids is 2. The fourth-order valence-electron chi connectivity index (χ4n) is 9.75. The third-order valence-corrected chi connectivity index (χ3v) is 15.3. The summed E-state index contributed by atoms with van der Waals surface area (Å²) in [5.74, 6) is -11.2. The Morgan fingerprint density at radius 2 is 0.857 bits per heavy atom. The van der Waals surface area contributed by atoms with Crippen LogP contribution in [0.25, 0.3) is 0 Å². The summed E-state index contributed by atoms with van der Waals surface area (Å²) in [6, 6.07) is -0.959. The molecule has 91 heavy (non-hydrogen) atoms. The highest BCUT2D eigenvalue weighted by Crippen LogP contribution is 2.16. The third-order valence-electron chi connectivity index (χ3n) is 15.3. The summed E-state index contributed by atoms with van der Waals surface area (Å²) in [5.41, 5.74) is 17.6. The van der Waals surface area contributed by atoms with Gasteiger partial charge in [-0.1, -0.05) is 135 Å². The first-order valence-electron chi connectivity index (χ1n) is 32.4. The van der Waals surface area contributed by atoms with Crippen LogP contribution < -0.4 is 75.7 Å². The summed E-state index contributed by atoms with van der Waals surface area (Å²) in [6.07, 6.45) is 13.7. The first-order valence-corrected chi connectivity index (χ1v) is 32.4. The van der Waals surface area contributed by atoms with Crippen molar-refractivity contribution in [2.75, 3.05) is 33.2 Å². The van der Waals surface area contributed by atoms with E-state index in [1.54, 1.807) is 38.1 Å². The van der Waals surface area contributed by atoms with Crippen molar-refractivity contribution in [3.8, 4) is 0 Å². The maximum Gasteiger partial charge on any atom is 0.303 e. The summed E-state index contributed by atoms with van der Waals surface area (Å²) in [6.45, 7) is 5.39. The quantitative estimate of drug-likeness (QED) is 0.0249. The van der Waals surface area contributed by atoms with E-state index in [2.05, 4.69) is 65.4 Å². The van der Waals surface area contributed by atoms with Gasteiger partial charge in [0.2, 0.25) is 53.2 Å². The molecule has 8 atom stereocenters. The number of rotatable bonds is 52. The van der Waals surface area contributed by atoms with Gasteiger partial charge in [0.05, 0.1) is 6.54 Å². The van der Waals surface area contributed by atoms with Crippen molar-refractivity contribution in [1.82, 2.24) is 58.5 Å². The molecule has 2 unspecified atom stereocenters. The molecule has 0 aliphatic rings. The minimum Gasteiger partial charge on any atom is -0.481 e. The average Bonchev–Trinajstić information content (AvgIpc) is 2.08. The van der Waals surface area contributed by atoms with E-state index in [9.17, 15) is 63.0 Å². The van der Waals surface area contributed by atoms with Gasteiger partial charge < -0.3 is 85.9 Å². The predicted octanol–water partition coefficient (Wildman–Crippen LogP) is 1.40. The Hall–Kier alpha value is -8.11. The second-order valence-corrected chi connectivity index (χ2v) is 23.0. The molecule has 0 aliphatic carbocycles. The third kappa shape index (κ3) is 38.3. The van der Waals surface area contributed by atoms with Gasteiger partial charge >= 0.3 is 11.9 Å². The number of amides is 9. The van der Waals surface area contributed by atoms with Gasteiger partial charge in [-0.3, -0.25) is 63.6 Å². The maximum absolute atomic E-state index is 14.5. The topological polar surface area (TPSA) is 486 Å². The molecule has 21 N–H and O–H groups in total. The Kier molecular flexibility index (Phi) is 43.3. The van der Waals surface area contributed by atoms with Crippen LogP contribution in [0.15, 0.2) is 30.3 Å². The normalized spacial score (nSPS) is 13.5. The van der Waals surface area contributed by atoms with Crippen LogP contribution in [0.4, 0.5) is 0 Å². The first kappa shape index (κ1) is 80.9. The highest BCUT2D eigenvalue weighted by molar-refractivity contribution is 5.98. The molecule has 29 nitrogen and oxygen atoms in total. The van der Waals surface area contributed by atoms with Crippen LogP contribution in [0.3, 0.4) is 0 Å². The minimum atomic E-state index is -1.67. The van der Waals surface area contributed by atoms with Gasteiger partial charge in [0.1, 0.15) is 42.3 Å². The van der Waals surface area contributed by atoms with E-state index in [0.717, 1.165) is 31.2 Å². The Morgan fingerprint density at radius 3 is 1.29 bits per heavy atom. The number of unbranched alkanes of at least 4 members (excludes halogenated alkanes) is 13. The van der Waals surface area contributed by atoms with Crippen molar-refractivity contribution < 1.29 is 63.0 Å². The average molecular weight is 1290 g/mol. The predicted molar refractivity (Wildman–Crippen MR) is 345 cm³/mol. The van der Waals surface area contributed by atoms with Crippen molar-refractivity contribution >= 4 is 77.0 Å². The van der Waals surface area contributed by atoms with Gasteiger partial charge in [0, 0.05) is 45.8 Å². The smallest absolute Gasteiger partial charge is 0.303 e. The Balaban J connectivity index is 3.55. The van der Waals surface area contributed by atoms with Gasteiger partial charge in [-0.05, 0) is 82.2 Å². The van der Waals surface area contributed by atoms with Crippen molar-refractivity contribution in [2.45, 2.75) is 236 Å². The number of guanidine groups is 2. The summed E-state index contributed by atoms with van der Waals surface area (Å²) in [5, 5.41) is 62.8. The largest absolute Gasteiger partial charge is 0.481 e. The molecule has 0 aliphatic heterocycles. The van der Waals surface area contributed by atoms with E-state index in [4.69, 9.17) is 28.0 Å². The molecule has 0 bridgehead atoms. The van der Waals surface area contributed by atoms with Crippen LogP contribution in [-0.4, -0.2) is 163 Å². The lowest BCUT2D eigenvalue weighted by Gasteiger charge is -2.29. The zero-order valence-electron chi connectivity index (χ0n) is 54.0. The zero-order valence-corrected chi connectivity index (χ0v) is 54.0. The highest BCUT2D eigenvalue weighted by atomic mass is 16.4. The van der Waals surface area contributed by atoms with Crippen LogP contribution in [0.2, 0.25) is 0 Å². The van der Waals surface area contributed by atoms with Crippen LogP contribution in [0, 0.1) is 16.7 Å². The summed E-state index contributed by atoms with van der Waals surface area (Å²) < 4.78 is 0. The highest BCUT2D eigenvalue weighted by Gasteiger charge is 2.36. The van der Waals surface area contributed by atoms with Crippen molar-refractivity contribution in [1.29, 1.82) is 10.8 Å². The number of nitrogens with one attached hydrogen (secondary N) is 13. The van der Waals surface area contributed by atoms with Gasteiger partial charge in [0.15, 0.2) is 11.9 Å². The van der Waals surface area contributed by atoms with Gasteiger partial charge in [-0.25, -0.2) is 0 Å². The molecule has 0 heterocycles. The van der Waals surface area contributed by atoms with E-state index in [-0.39, 0.29) is 89.3 Å². The molecule has 1 rings (SSSR count). The Bertz CT molecular complexity index is 2420. The monoisotopic (exact) mass is 1280 g/mol. The number of aliphatic carboxylic acids is 2. The van der Waals surface area contributed by atoms with Crippen molar-refractivity contribution in [3.63, 3.8) is 0 Å². The van der Waals surface area contributed by atoms with E-state index in [0.29, 0.717) is 12.8 Å². The summed E-state index contributed by atoms with van der Waals surface area (Å²) in [7, 11) is 1.33. The van der Waals surface area contributed by atoms with Crippen molar-refractivity contribution in [2.24, 2.45) is 23.1 Å². The van der Waals surface area contributed by atoms with Crippen LogP contribution >= 0.6 is 0 Å². The van der Waals surface area contributed by atoms with E-state index >= 15 is 0 Å². The van der Waals surface area contributed by atoms with E-state index in [1.165, 1.54) is 58.4 Å². The Labute approximate surface area is 536 Å². The molecule has 0 saturated carbocycles. The molecule has 9 amide bonds. The van der Waals surface area contributed by atoms with Gasteiger partial charge in [0.25, 0.3) is 0 Å². The number of benzene rings is 1. The standard InChI is InChI=1S/C62H108N16O13/c1-5-7-8-9-10-11-12-13-14-15-16-17-21-31-49(79)72-48(39-42-26-19-18-20-27-42)59(90)75-44(29-24-37-69-61(64)65)56(87)73-43(28-22-23-36-63)55(86)76-47(33-35-52(83)84)57(88)74-45(30-25-38-70-62(66)67)58(89)78-53(41(3)6-2)60(91)77-46(32-34-51(81)82)54(85)71-40-50(80)68-4/h18-20,26-27,41,43-48,53H,5-17,21-25,28-40,63H2,1-4H3,(H,68,80)(H,71,85)(H,72,79)(H,73,87)(H,74,88)(H,75,90)(H,76,86)(H,77,91)(H,78,89)(H,81,82)(H,83,84)(H4,64,65,69)(H4,66,67,70)/t41-,43-,44?,45-,46-,47?,48-,53-/m0/s1. The van der Waals surface area contributed by atoms with E-state index < -0.39 is 146 Å². The maximum atomic E-state index is 14.5. The number of hydrogen-bond acceptors (Lipinski definition) is 14. The fraction of sp³-hybridized carbons (Fsp3) is 0.694. The van der Waals surface area contributed by atoms with Crippen molar-refractivity contribution in [3.05, 3.63) is 35.9 Å². The van der Waals surface area contributed by atoms with Crippen LogP contribution in [0.5, 0.6) is 0 Å². The molecule has 0 fully saturated rings. The lowest BCUT2D eigenvalue weighted by Crippen LogP contribution is -2.61. The lowest BCUT2D eigenvalue weighted by molar-refractivity contribution is -0.139. The number of likely N-dealkylation sites (N-methyl/N-ethyl adjacent to an activating group) is 1. The molecular weight excluding hydrogens is 1180 g/mol. The molecule has 514 valence electrons. The van der Waals surface area contributed by atoms with Crippen LogP contribution in [0.1, 0.15) is 193 Å². The number of hydrogen-bond donors (Lipinski definition) is 18. The Morgan fingerprint density at radius 1 is 0.451 bits per heavy atom. The molecule has 0 saturated heterocycles. The lowest BCUT2D eigenvalue weighted by atomic mass is 9.96. The second-order valence-electron chi connectivity index (χ2n) is 23.0. The number of nitrogens with two attached hydrogens (primary N) is 3. The molecule has 0 aromatic heterocycles. The molecule has 29 heteroatoms. The molecular formula is C62H108N16O13. The summed E-state index contributed by atoms with van der Waals surface area (Å²) in [4.78, 5) is 148. The number of carbonyl (C=O) groups excluding carboxylic acids is 9. The van der Waals surface area contributed by atoms with Gasteiger partial charge in [-0.15, -0.1) is 0 Å². The van der Waals surface area contributed by atoms with Crippen LogP contribution in [-0.2, 0) is 59.2 Å². The molecule has 1 aromatic rings. The zero-order chi connectivity index (χ0) is 67.9. The first-order chi connectivity index (χ1) is 43.5. The van der Waals surface area contributed by atoms with Gasteiger partial charge in [-0.2, -0.15) is 0 Å².